The summed E-state index contributed by atoms with van der Waals surface area (Å²) in [6.07, 6.45) is 9.09. The molecule has 2 aromatic rings. The van der Waals surface area contributed by atoms with Crippen LogP contribution in [0.1, 0.15) is 11.1 Å². The molecule has 23 heavy (non-hydrogen) atoms. The molecule has 0 N–H and O–H groups in total. The maximum atomic E-state index is 4.36. The van der Waals surface area contributed by atoms with Gasteiger partial charge in [-0.3, -0.25) is 4.68 Å². The van der Waals surface area contributed by atoms with Gasteiger partial charge in [0, 0.05) is 13.2 Å². The van der Waals surface area contributed by atoms with Gasteiger partial charge in [0.15, 0.2) is 0 Å². The number of nitrogens with zero attached hydrogens (tertiary/aromatic N) is 4. The number of hydrogen-bond acceptors (Lipinski definition) is 3. The van der Waals surface area contributed by atoms with E-state index in [9.17, 15) is 0 Å². The molecule has 3 rings (SSSR count). The van der Waals surface area contributed by atoms with Crippen LogP contribution in [0.5, 0.6) is 0 Å². The molecule has 0 spiro atoms. The van der Waals surface area contributed by atoms with Crippen molar-refractivity contribution in [2.75, 3.05) is 5.01 Å². The van der Waals surface area contributed by atoms with Crippen molar-refractivity contribution in [3.05, 3.63) is 84.9 Å². The van der Waals surface area contributed by atoms with Gasteiger partial charge in [0.05, 0.1) is 18.1 Å². The lowest BCUT2D eigenvalue weighted by Gasteiger charge is -2.17. The van der Waals surface area contributed by atoms with Crippen molar-refractivity contribution in [3.63, 3.8) is 0 Å². The Bertz CT molecular complexity index is 748. The van der Waals surface area contributed by atoms with E-state index in [-0.39, 0.29) is 0 Å². The molecular weight excluding hydrogens is 284 g/mol. The zero-order valence-corrected chi connectivity index (χ0v) is 13.9. The van der Waals surface area contributed by atoms with Crippen molar-refractivity contribution in [2.45, 2.75) is 13.8 Å². The molecule has 0 saturated carbocycles. The Kier molecular flexibility index (Phi) is 5.31. The minimum atomic E-state index is 0.779. The Morgan fingerprint density at radius 2 is 1.87 bits per heavy atom. The number of allylic oxidation sites excluding steroid dienone is 3. The highest BCUT2D eigenvalue weighted by molar-refractivity contribution is 6.10. The van der Waals surface area contributed by atoms with Crippen molar-refractivity contribution in [1.82, 2.24) is 9.78 Å². The third-order valence-corrected chi connectivity index (χ3v) is 3.28. The molecular formula is C19H22N4. The van der Waals surface area contributed by atoms with Crippen LogP contribution in [0, 0.1) is 13.8 Å². The molecule has 0 bridgehead atoms. The summed E-state index contributed by atoms with van der Waals surface area (Å²) in [6, 6.07) is 8.45. The molecule has 1 aliphatic heterocycles. The number of aromatic nitrogens is 2. The summed E-state index contributed by atoms with van der Waals surface area (Å²) in [7, 11) is 1.87. The number of anilines is 1. The van der Waals surface area contributed by atoms with Crippen LogP contribution in [0.15, 0.2) is 78.8 Å². The molecule has 2 heterocycles. The van der Waals surface area contributed by atoms with E-state index in [1.807, 2.05) is 25.5 Å². The number of hydrazone groups is 1. The lowest BCUT2D eigenvalue weighted by Crippen LogP contribution is -2.15. The Morgan fingerprint density at radius 1 is 1.17 bits per heavy atom. The zero-order chi connectivity index (χ0) is 16.8. The SMILES string of the molecule is C=CC1=NN(c2cnn(C)c2)C=CC1=C.Cc1cccc(C)c1. The Labute approximate surface area is 137 Å². The van der Waals surface area contributed by atoms with Gasteiger partial charge < -0.3 is 0 Å². The molecule has 1 aromatic carbocycles. The molecule has 1 aromatic heterocycles. The van der Waals surface area contributed by atoms with Gasteiger partial charge in [0.2, 0.25) is 0 Å². The van der Waals surface area contributed by atoms with Crippen molar-refractivity contribution >= 4 is 11.4 Å². The van der Waals surface area contributed by atoms with Crippen LogP contribution in [-0.4, -0.2) is 15.5 Å². The largest absolute Gasteiger partial charge is 0.274 e. The first-order valence-corrected chi connectivity index (χ1v) is 7.39. The summed E-state index contributed by atoms with van der Waals surface area (Å²) in [5.41, 5.74) is 5.24. The van der Waals surface area contributed by atoms with E-state index in [2.05, 4.69) is 61.5 Å². The standard InChI is InChI=1S/C11H12N4.C8H10/c1-4-11-9(2)5-6-15(13-11)10-7-12-14(3)8-10;1-7-4-3-5-8(2)6-7/h4-8H,1-2H2,3H3;3-6H,1-2H3. The van der Waals surface area contributed by atoms with Gasteiger partial charge in [-0.2, -0.15) is 10.2 Å². The second-order valence-electron chi connectivity index (χ2n) is 5.41. The van der Waals surface area contributed by atoms with Crippen molar-refractivity contribution in [3.8, 4) is 0 Å². The van der Waals surface area contributed by atoms with E-state index in [1.165, 1.54) is 11.1 Å². The van der Waals surface area contributed by atoms with E-state index < -0.39 is 0 Å². The average Bonchev–Trinajstić information content (AvgIpc) is 2.95. The Hall–Kier alpha value is -2.88. The summed E-state index contributed by atoms with van der Waals surface area (Å²) in [5, 5.41) is 10.2. The summed E-state index contributed by atoms with van der Waals surface area (Å²) in [4.78, 5) is 0. The van der Waals surface area contributed by atoms with Crippen LogP contribution in [0.4, 0.5) is 5.69 Å². The minimum absolute atomic E-state index is 0.779. The normalized spacial score (nSPS) is 13.3. The third kappa shape index (κ3) is 4.54. The number of rotatable bonds is 2. The fourth-order valence-electron chi connectivity index (χ4n) is 2.11. The molecule has 4 heteroatoms. The van der Waals surface area contributed by atoms with E-state index in [0.29, 0.717) is 0 Å². The summed E-state index contributed by atoms with van der Waals surface area (Å²) < 4.78 is 1.73. The van der Waals surface area contributed by atoms with Crippen LogP contribution in [-0.2, 0) is 7.05 Å². The fraction of sp³-hybridized carbons (Fsp3) is 0.158. The smallest absolute Gasteiger partial charge is 0.102 e. The summed E-state index contributed by atoms with van der Waals surface area (Å²) in [5.74, 6) is 0. The highest BCUT2D eigenvalue weighted by Gasteiger charge is 2.10. The Balaban J connectivity index is 0.000000203. The second kappa shape index (κ2) is 7.40. The number of benzene rings is 1. The molecule has 0 saturated heterocycles. The highest BCUT2D eigenvalue weighted by Crippen LogP contribution is 2.18. The number of aryl methyl sites for hydroxylation is 3. The monoisotopic (exact) mass is 306 g/mol. The lowest BCUT2D eigenvalue weighted by atomic mass is 10.1. The first-order chi connectivity index (χ1) is 11.0. The topological polar surface area (TPSA) is 33.4 Å². The van der Waals surface area contributed by atoms with Crippen LogP contribution >= 0.6 is 0 Å². The van der Waals surface area contributed by atoms with Crippen LogP contribution in [0.2, 0.25) is 0 Å². The molecule has 4 nitrogen and oxygen atoms in total. The lowest BCUT2D eigenvalue weighted by molar-refractivity contribution is 0.767. The van der Waals surface area contributed by atoms with Gasteiger partial charge in [-0.25, -0.2) is 5.01 Å². The Morgan fingerprint density at radius 3 is 2.35 bits per heavy atom. The maximum Gasteiger partial charge on any atom is 0.102 e. The van der Waals surface area contributed by atoms with Gasteiger partial charge in [-0.05, 0) is 31.6 Å². The summed E-state index contributed by atoms with van der Waals surface area (Å²) >= 11 is 0. The number of hydrogen-bond donors (Lipinski definition) is 0. The van der Waals surface area contributed by atoms with Gasteiger partial charge in [-0.1, -0.05) is 48.6 Å². The van der Waals surface area contributed by atoms with E-state index >= 15 is 0 Å². The molecule has 0 aliphatic carbocycles. The molecule has 118 valence electrons. The third-order valence-electron chi connectivity index (χ3n) is 3.28. The maximum absolute atomic E-state index is 4.36. The predicted molar refractivity (Wildman–Crippen MR) is 97.5 cm³/mol. The van der Waals surface area contributed by atoms with Crippen molar-refractivity contribution in [1.29, 1.82) is 0 Å². The molecule has 0 atom stereocenters. The van der Waals surface area contributed by atoms with Crippen molar-refractivity contribution < 1.29 is 0 Å². The molecule has 0 unspecified atom stereocenters. The molecule has 1 aliphatic rings. The van der Waals surface area contributed by atoms with E-state index in [1.54, 1.807) is 22.0 Å². The average molecular weight is 306 g/mol. The quantitative estimate of drug-likeness (QED) is 0.835. The van der Waals surface area contributed by atoms with Crippen LogP contribution in [0.25, 0.3) is 0 Å². The van der Waals surface area contributed by atoms with Crippen LogP contribution in [0.3, 0.4) is 0 Å². The fourth-order valence-corrected chi connectivity index (χ4v) is 2.11. The van der Waals surface area contributed by atoms with E-state index in [0.717, 1.165) is 17.0 Å². The predicted octanol–water partition coefficient (Wildman–Crippen LogP) is 4.16. The van der Waals surface area contributed by atoms with Gasteiger partial charge in [0.1, 0.15) is 5.69 Å². The minimum Gasteiger partial charge on any atom is -0.274 e. The van der Waals surface area contributed by atoms with E-state index in [4.69, 9.17) is 0 Å². The highest BCUT2D eigenvalue weighted by atomic mass is 15.5. The van der Waals surface area contributed by atoms with Gasteiger partial charge in [-0.15, -0.1) is 0 Å². The van der Waals surface area contributed by atoms with Crippen molar-refractivity contribution in [2.24, 2.45) is 12.1 Å². The first-order valence-electron chi connectivity index (χ1n) is 7.39. The molecule has 0 amide bonds. The molecule has 0 radical (unpaired) electrons. The zero-order valence-electron chi connectivity index (χ0n) is 13.9. The molecule has 0 fully saturated rings. The summed E-state index contributed by atoms with van der Waals surface area (Å²) in [6.45, 7) is 11.8. The first kappa shape index (κ1) is 16.5. The second-order valence-corrected chi connectivity index (χ2v) is 5.41. The van der Waals surface area contributed by atoms with Gasteiger partial charge in [0.25, 0.3) is 0 Å². The van der Waals surface area contributed by atoms with Crippen LogP contribution < -0.4 is 5.01 Å². The van der Waals surface area contributed by atoms with Gasteiger partial charge >= 0.3 is 0 Å².